The number of rotatable bonds is 1. The molecule has 9 heavy (non-hydrogen) atoms. The van der Waals surface area contributed by atoms with Crippen LogP contribution in [0.5, 0.6) is 0 Å². The fourth-order valence-corrected chi connectivity index (χ4v) is 2.72. The van der Waals surface area contributed by atoms with Crippen LogP contribution in [0.25, 0.3) is 0 Å². The molecular weight excluding hydrogens is 146 g/mol. The Labute approximate surface area is 60.8 Å². The molecule has 0 aromatic carbocycles. The molecule has 1 nitrogen and oxygen atoms in total. The van der Waals surface area contributed by atoms with E-state index < -0.39 is 8.07 Å². The summed E-state index contributed by atoms with van der Waals surface area (Å²) in [5.41, 5.74) is 0. The molecule has 0 saturated heterocycles. The summed E-state index contributed by atoms with van der Waals surface area (Å²) in [6, 6.07) is 0. The molecule has 0 unspecified atom stereocenters. The zero-order valence-corrected chi connectivity index (χ0v) is 7.75. The van der Waals surface area contributed by atoms with E-state index in [1.54, 1.807) is 17.5 Å². The topological polar surface area (TPSA) is 12.9 Å². The summed E-state index contributed by atoms with van der Waals surface area (Å²) in [4.78, 5) is 4.21. The van der Waals surface area contributed by atoms with E-state index in [0.717, 1.165) is 0 Å². The minimum atomic E-state index is -1.10. The molecule has 0 spiro atoms. The summed E-state index contributed by atoms with van der Waals surface area (Å²) in [5, 5.41) is 3.00. The quantitative estimate of drug-likeness (QED) is 0.443. The standard InChI is InChI=1S/C6H10NSSi/c1-9(2,3)6-7-4-5-8-6/h4H,1-3H3/q-1. The molecule has 0 aliphatic heterocycles. The Balaban J connectivity index is 2.90. The first-order valence-electron chi connectivity index (χ1n) is 2.93. The summed E-state index contributed by atoms with van der Waals surface area (Å²) in [7, 11) is -1.10. The fraction of sp³-hybridized carbons (Fsp3) is 0.500. The lowest BCUT2D eigenvalue weighted by molar-refractivity contribution is 1.44. The van der Waals surface area contributed by atoms with Crippen LogP contribution >= 0.6 is 11.3 Å². The Morgan fingerprint density at radius 2 is 2.22 bits per heavy atom. The minimum absolute atomic E-state index is 1.10. The molecule has 0 atom stereocenters. The highest BCUT2D eigenvalue weighted by molar-refractivity contribution is 7.24. The van der Waals surface area contributed by atoms with Gasteiger partial charge in [0.1, 0.15) is 0 Å². The van der Waals surface area contributed by atoms with Crippen molar-refractivity contribution in [3.8, 4) is 0 Å². The average Bonchev–Trinajstić information content (AvgIpc) is 2.08. The maximum Gasteiger partial charge on any atom is 0.0216 e. The van der Waals surface area contributed by atoms with Gasteiger partial charge in [0.05, 0.1) is 0 Å². The van der Waals surface area contributed by atoms with Gasteiger partial charge in [0.15, 0.2) is 0 Å². The van der Waals surface area contributed by atoms with Crippen LogP contribution in [0, 0.1) is 5.38 Å². The Kier molecular flexibility index (Phi) is 1.72. The third-order valence-corrected chi connectivity index (χ3v) is 5.11. The van der Waals surface area contributed by atoms with Gasteiger partial charge in [-0.3, -0.25) is 0 Å². The van der Waals surface area contributed by atoms with Crippen molar-refractivity contribution in [3.05, 3.63) is 11.6 Å². The Bertz CT molecular complexity index is 175. The van der Waals surface area contributed by atoms with E-state index in [9.17, 15) is 0 Å². The van der Waals surface area contributed by atoms with Crippen LogP contribution in [0.2, 0.25) is 19.6 Å². The maximum atomic E-state index is 4.21. The molecule has 0 bridgehead atoms. The van der Waals surface area contributed by atoms with E-state index in [-0.39, 0.29) is 0 Å². The van der Waals surface area contributed by atoms with Crippen LogP contribution in [0.4, 0.5) is 0 Å². The number of hydrogen-bond acceptors (Lipinski definition) is 2. The van der Waals surface area contributed by atoms with Crippen molar-refractivity contribution >= 4 is 24.0 Å². The zero-order valence-electron chi connectivity index (χ0n) is 5.93. The second kappa shape index (κ2) is 2.23. The SMILES string of the molecule is C[Si](C)(C)c1nc[c-]s1. The minimum Gasteiger partial charge on any atom is -0.367 e. The van der Waals surface area contributed by atoms with Crippen molar-refractivity contribution in [2.24, 2.45) is 0 Å². The molecule has 1 aromatic heterocycles. The van der Waals surface area contributed by atoms with Gasteiger partial charge in [-0.15, -0.1) is 0 Å². The first-order chi connectivity index (χ1) is 4.11. The smallest absolute Gasteiger partial charge is 0.0216 e. The van der Waals surface area contributed by atoms with E-state index in [4.69, 9.17) is 0 Å². The van der Waals surface area contributed by atoms with E-state index in [1.165, 1.54) is 4.63 Å². The normalized spacial score (nSPS) is 11.9. The van der Waals surface area contributed by atoms with Crippen LogP contribution in [0.3, 0.4) is 0 Å². The highest BCUT2D eigenvalue weighted by Gasteiger charge is 2.09. The molecule has 0 amide bonds. The van der Waals surface area contributed by atoms with E-state index in [2.05, 4.69) is 30.0 Å². The summed E-state index contributed by atoms with van der Waals surface area (Å²) in [6.45, 7) is 6.87. The van der Waals surface area contributed by atoms with Gasteiger partial charge >= 0.3 is 0 Å². The number of aromatic nitrogens is 1. The van der Waals surface area contributed by atoms with Crippen molar-refractivity contribution < 1.29 is 0 Å². The van der Waals surface area contributed by atoms with Gasteiger partial charge < -0.3 is 16.3 Å². The Hall–Kier alpha value is -0.153. The van der Waals surface area contributed by atoms with Gasteiger partial charge in [-0.25, -0.2) is 0 Å². The van der Waals surface area contributed by atoms with Gasteiger partial charge in [0, 0.05) is 8.07 Å². The molecule has 3 heteroatoms. The maximum absolute atomic E-state index is 4.21. The largest absolute Gasteiger partial charge is 0.367 e. The summed E-state index contributed by atoms with van der Waals surface area (Å²) in [5.74, 6) is 0. The summed E-state index contributed by atoms with van der Waals surface area (Å²) >= 11 is 1.66. The predicted molar refractivity (Wildman–Crippen MR) is 43.9 cm³/mol. The van der Waals surface area contributed by atoms with Gasteiger partial charge in [0.25, 0.3) is 0 Å². The third-order valence-electron chi connectivity index (χ3n) is 1.03. The van der Waals surface area contributed by atoms with Crippen LogP contribution in [-0.4, -0.2) is 13.1 Å². The highest BCUT2D eigenvalue weighted by Crippen LogP contribution is 2.02. The van der Waals surface area contributed by atoms with E-state index >= 15 is 0 Å². The van der Waals surface area contributed by atoms with Crippen molar-refractivity contribution in [2.75, 3.05) is 0 Å². The van der Waals surface area contributed by atoms with Gasteiger partial charge in [0.2, 0.25) is 0 Å². The van der Waals surface area contributed by atoms with Crippen LogP contribution < -0.4 is 4.63 Å². The lowest BCUT2D eigenvalue weighted by Gasteiger charge is -2.18. The van der Waals surface area contributed by atoms with Gasteiger partial charge in [-0.2, -0.15) is 5.38 Å². The van der Waals surface area contributed by atoms with E-state index in [1.807, 2.05) is 0 Å². The summed E-state index contributed by atoms with van der Waals surface area (Å²) < 4.78 is 1.29. The lowest BCUT2D eigenvalue weighted by Crippen LogP contribution is -2.36. The first kappa shape index (κ1) is 6.96. The lowest BCUT2D eigenvalue weighted by atomic mass is 11.0. The van der Waals surface area contributed by atoms with Crippen molar-refractivity contribution in [2.45, 2.75) is 19.6 Å². The molecule has 50 valence electrons. The highest BCUT2D eigenvalue weighted by atomic mass is 32.1. The average molecular weight is 156 g/mol. The number of hydrogen-bond donors (Lipinski definition) is 0. The first-order valence-corrected chi connectivity index (χ1v) is 7.25. The number of nitrogens with zero attached hydrogens (tertiary/aromatic N) is 1. The molecule has 1 rings (SSSR count). The third kappa shape index (κ3) is 1.63. The zero-order chi connectivity index (χ0) is 6.91. The molecule has 1 aromatic rings. The predicted octanol–water partition coefficient (Wildman–Crippen LogP) is 1.49. The Morgan fingerprint density at radius 3 is 2.44 bits per heavy atom. The number of thiazole rings is 1. The van der Waals surface area contributed by atoms with Crippen LogP contribution in [0.15, 0.2) is 6.20 Å². The Morgan fingerprint density at radius 1 is 1.56 bits per heavy atom. The molecule has 0 N–H and O–H groups in total. The fourth-order valence-electron chi connectivity index (χ4n) is 0.540. The molecule has 0 aliphatic carbocycles. The monoisotopic (exact) mass is 156 g/mol. The molecule has 0 fully saturated rings. The van der Waals surface area contributed by atoms with Crippen molar-refractivity contribution in [3.63, 3.8) is 0 Å². The second-order valence-electron chi connectivity index (χ2n) is 3.03. The molecule has 0 saturated carbocycles. The molecule has 1 heterocycles. The molecular formula is C6H10NSSi-. The van der Waals surface area contributed by atoms with Gasteiger partial charge in [-0.1, -0.05) is 30.5 Å². The van der Waals surface area contributed by atoms with Crippen molar-refractivity contribution in [1.29, 1.82) is 0 Å². The molecule has 0 aliphatic rings. The molecule has 0 radical (unpaired) electrons. The van der Waals surface area contributed by atoms with Crippen molar-refractivity contribution in [1.82, 2.24) is 4.98 Å². The van der Waals surface area contributed by atoms with Crippen LogP contribution in [-0.2, 0) is 0 Å². The summed E-state index contributed by atoms with van der Waals surface area (Å²) in [6.07, 6.45) is 1.76. The van der Waals surface area contributed by atoms with E-state index in [0.29, 0.717) is 0 Å². The van der Waals surface area contributed by atoms with Crippen LogP contribution in [0.1, 0.15) is 0 Å². The van der Waals surface area contributed by atoms with Gasteiger partial charge in [-0.05, 0) is 0 Å². The second-order valence-corrected chi connectivity index (χ2v) is 9.20.